The third kappa shape index (κ3) is 4.12. The highest BCUT2D eigenvalue weighted by molar-refractivity contribution is 6.52. The zero-order chi connectivity index (χ0) is 25.4. The number of ether oxygens (including phenoxy) is 2. The molecule has 1 saturated heterocycles. The second-order valence-electron chi connectivity index (χ2n) is 8.17. The number of carbonyl (C=O) groups excluding carboxylic acids is 2. The molecule has 0 bridgehead atoms. The largest absolute Gasteiger partial charge is 0.507 e. The van der Waals surface area contributed by atoms with Gasteiger partial charge in [-0.2, -0.15) is 0 Å². The molecule has 1 aliphatic rings. The average Bonchev–Trinajstić information content (AvgIpc) is 3.10. The molecule has 35 heavy (non-hydrogen) atoms. The van der Waals surface area contributed by atoms with Gasteiger partial charge in [-0.1, -0.05) is 35.9 Å². The smallest absolute Gasteiger partial charge is 0.300 e. The summed E-state index contributed by atoms with van der Waals surface area (Å²) < 4.78 is 24.9. The number of para-hydroxylation sites is 1. The number of methoxy groups -OCH3 is 2. The maximum atomic E-state index is 13.9. The van der Waals surface area contributed by atoms with Crippen LogP contribution in [0.4, 0.5) is 10.1 Å². The van der Waals surface area contributed by atoms with Crippen LogP contribution in [0.2, 0.25) is 5.02 Å². The van der Waals surface area contributed by atoms with Gasteiger partial charge in [0.05, 0.1) is 36.4 Å². The number of aryl methyl sites for hydroxylation is 2. The van der Waals surface area contributed by atoms with Crippen LogP contribution in [0.1, 0.15) is 28.3 Å². The Hall–Kier alpha value is -3.84. The average molecular weight is 496 g/mol. The molecular formula is C27H23ClFNO5. The molecule has 0 spiro atoms. The van der Waals surface area contributed by atoms with E-state index in [1.54, 1.807) is 30.3 Å². The monoisotopic (exact) mass is 495 g/mol. The molecule has 1 atom stereocenters. The fraction of sp³-hybridized carbons (Fsp3) is 0.185. The van der Waals surface area contributed by atoms with Gasteiger partial charge in [0.15, 0.2) is 0 Å². The summed E-state index contributed by atoms with van der Waals surface area (Å²) >= 11 is 6.00. The van der Waals surface area contributed by atoms with E-state index >= 15 is 0 Å². The van der Waals surface area contributed by atoms with Crippen molar-refractivity contribution < 1.29 is 28.6 Å². The van der Waals surface area contributed by atoms with E-state index in [2.05, 4.69) is 0 Å². The van der Waals surface area contributed by atoms with E-state index in [9.17, 15) is 19.1 Å². The molecule has 1 heterocycles. The Balaban J connectivity index is 2.05. The zero-order valence-corrected chi connectivity index (χ0v) is 20.3. The summed E-state index contributed by atoms with van der Waals surface area (Å²) in [6.45, 7) is 3.67. The van der Waals surface area contributed by atoms with E-state index < -0.39 is 29.3 Å². The Morgan fingerprint density at radius 1 is 1.03 bits per heavy atom. The van der Waals surface area contributed by atoms with Gasteiger partial charge in [0, 0.05) is 11.3 Å². The lowest BCUT2D eigenvalue weighted by atomic mass is 9.93. The molecule has 6 nitrogen and oxygen atoms in total. The number of rotatable bonds is 5. The fourth-order valence-corrected chi connectivity index (χ4v) is 4.64. The topological polar surface area (TPSA) is 76.1 Å². The number of Topliss-reactive ketones (excluding diaryl/α,β-unsaturated/α-hetero) is 1. The molecular weight excluding hydrogens is 473 g/mol. The third-order valence-electron chi connectivity index (χ3n) is 5.94. The minimum Gasteiger partial charge on any atom is -0.507 e. The van der Waals surface area contributed by atoms with E-state index in [1.807, 2.05) is 19.9 Å². The predicted octanol–water partition coefficient (Wildman–Crippen LogP) is 5.74. The van der Waals surface area contributed by atoms with Crippen molar-refractivity contribution in [2.75, 3.05) is 19.1 Å². The Kier molecular flexibility index (Phi) is 6.54. The van der Waals surface area contributed by atoms with E-state index in [1.165, 1.54) is 31.3 Å². The molecule has 1 fully saturated rings. The summed E-state index contributed by atoms with van der Waals surface area (Å²) in [5.41, 5.74) is 2.37. The molecule has 1 aliphatic heterocycles. The van der Waals surface area contributed by atoms with Gasteiger partial charge in [-0.25, -0.2) is 4.39 Å². The van der Waals surface area contributed by atoms with Crippen LogP contribution in [0.15, 0.2) is 60.2 Å². The first kappa shape index (κ1) is 24.3. The molecule has 180 valence electrons. The van der Waals surface area contributed by atoms with Crippen molar-refractivity contribution in [2.45, 2.75) is 19.9 Å². The third-order valence-corrected chi connectivity index (χ3v) is 6.23. The van der Waals surface area contributed by atoms with Crippen molar-refractivity contribution in [3.8, 4) is 11.5 Å². The van der Waals surface area contributed by atoms with Gasteiger partial charge in [0.1, 0.15) is 23.1 Å². The van der Waals surface area contributed by atoms with Gasteiger partial charge < -0.3 is 14.6 Å². The molecule has 1 amide bonds. The van der Waals surface area contributed by atoms with E-state index in [-0.39, 0.29) is 21.8 Å². The zero-order valence-electron chi connectivity index (χ0n) is 19.6. The van der Waals surface area contributed by atoms with Crippen molar-refractivity contribution in [1.82, 2.24) is 0 Å². The maximum absolute atomic E-state index is 13.9. The highest BCUT2D eigenvalue weighted by Crippen LogP contribution is 2.46. The highest BCUT2D eigenvalue weighted by atomic mass is 35.5. The number of ketones is 1. The van der Waals surface area contributed by atoms with Crippen LogP contribution in [0.5, 0.6) is 11.5 Å². The van der Waals surface area contributed by atoms with Gasteiger partial charge in [0.2, 0.25) is 0 Å². The van der Waals surface area contributed by atoms with E-state index in [0.717, 1.165) is 17.2 Å². The lowest BCUT2D eigenvalue weighted by Crippen LogP contribution is -2.29. The first-order valence-corrected chi connectivity index (χ1v) is 11.1. The molecule has 0 aliphatic carbocycles. The number of benzene rings is 3. The Labute approximate surface area is 207 Å². The number of hydrogen-bond donors (Lipinski definition) is 1. The van der Waals surface area contributed by atoms with E-state index in [4.69, 9.17) is 21.1 Å². The fourth-order valence-electron chi connectivity index (χ4n) is 4.47. The number of carbonyl (C=O) groups is 2. The number of aliphatic hydroxyl groups is 1. The first-order valence-electron chi connectivity index (χ1n) is 10.7. The quantitative estimate of drug-likeness (QED) is 0.277. The minimum absolute atomic E-state index is 0.150. The predicted molar refractivity (Wildman–Crippen MR) is 132 cm³/mol. The second kappa shape index (κ2) is 9.43. The van der Waals surface area contributed by atoms with Crippen LogP contribution in [0.3, 0.4) is 0 Å². The Bertz CT molecular complexity index is 1380. The summed E-state index contributed by atoms with van der Waals surface area (Å²) in [5.74, 6) is -2.08. The SMILES string of the molecule is COc1ccccc1C1/C(=C(\O)c2cc(C)cc(C)c2OC)C(=O)C(=O)N1c1ccc(F)c(Cl)c1. The summed E-state index contributed by atoms with van der Waals surface area (Å²) in [6.07, 6.45) is 0. The van der Waals surface area contributed by atoms with Crippen LogP contribution in [-0.2, 0) is 9.59 Å². The van der Waals surface area contributed by atoms with Crippen molar-refractivity contribution >= 4 is 34.7 Å². The number of aliphatic hydroxyl groups excluding tert-OH is 1. The summed E-state index contributed by atoms with van der Waals surface area (Å²) in [5, 5.41) is 11.3. The summed E-state index contributed by atoms with van der Waals surface area (Å²) in [6, 6.07) is 13.1. The Morgan fingerprint density at radius 3 is 2.40 bits per heavy atom. The first-order chi connectivity index (χ1) is 16.7. The van der Waals surface area contributed by atoms with Gasteiger partial charge in [-0.05, 0) is 55.3 Å². The normalized spacial score (nSPS) is 17.1. The molecule has 4 rings (SSSR count). The molecule has 3 aromatic rings. The summed E-state index contributed by atoms with van der Waals surface area (Å²) in [4.78, 5) is 27.9. The van der Waals surface area contributed by atoms with E-state index in [0.29, 0.717) is 17.1 Å². The number of nitrogens with zero attached hydrogens (tertiary/aromatic N) is 1. The lowest BCUT2D eigenvalue weighted by molar-refractivity contribution is -0.132. The Morgan fingerprint density at radius 2 is 1.74 bits per heavy atom. The number of anilines is 1. The molecule has 1 N–H and O–H groups in total. The molecule has 0 saturated carbocycles. The number of hydrogen-bond acceptors (Lipinski definition) is 5. The van der Waals surface area contributed by atoms with Gasteiger partial charge in [-0.15, -0.1) is 0 Å². The van der Waals surface area contributed by atoms with Gasteiger partial charge in [-0.3, -0.25) is 14.5 Å². The van der Waals surface area contributed by atoms with Crippen LogP contribution in [0.25, 0.3) is 5.76 Å². The number of halogens is 2. The van der Waals surface area contributed by atoms with Gasteiger partial charge >= 0.3 is 0 Å². The minimum atomic E-state index is -1.07. The molecule has 3 aromatic carbocycles. The highest BCUT2D eigenvalue weighted by Gasteiger charge is 2.48. The van der Waals surface area contributed by atoms with Crippen LogP contribution in [-0.4, -0.2) is 31.0 Å². The maximum Gasteiger partial charge on any atom is 0.300 e. The molecule has 8 heteroatoms. The molecule has 0 aromatic heterocycles. The summed E-state index contributed by atoms with van der Waals surface area (Å²) in [7, 11) is 2.93. The standard InChI is InChI=1S/C27H23ClFNO5/c1-14-11-15(2)26(35-4)18(12-14)24(31)22-23(17-7-5-6-8-21(17)34-3)30(27(33)25(22)32)16-9-10-20(29)19(28)13-16/h5-13,23,31H,1-4H3/b24-22+. The van der Waals surface area contributed by atoms with Crippen LogP contribution < -0.4 is 14.4 Å². The second-order valence-corrected chi connectivity index (χ2v) is 8.58. The van der Waals surface area contributed by atoms with Gasteiger partial charge in [0.25, 0.3) is 11.7 Å². The van der Waals surface area contributed by atoms with Crippen molar-refractivity contribution in [3.63, 3.8) is 0 Å². The van der Waals surface area contributed by atoms with Crippen molar-refractivity contribution in [3.05, 3.63) is 93.3 Å². The van der Waals surface area contributed by atoms with Crippen molar-refractivity contribution in [1.29, 1.82) is 0 Å². The lowest BCUT2D eigenvalue weighted by Gasteiger charge is -2.27. The van der Waals surface area contributed by atoms with Crippen molar-refractivity contribution in [2.24, 2.45) is 0 Å². The number of amides is 1. The molecule has 1 unspecified atom stereocenters. The molecule has 0 radical (unpaired) electrons. The van der Waals surface area contributed by atoms with Crippen LogP contribution >= 0.6 is 11.6 Å². The van der Waals surface area contributed by atoms with Crippen LogP contribution in [0, 0.1) is 19.7 Å².